The first-order valence-corrected chi connectivity index (χ1v) is 11.5. The third-order valence-corrected chi connectivity index (χ3v) is 5.04. The molecule has 0 aliphatic heterocycles. The number of nitrogens with zero attached hydrogens (tertiary/aromatic N) is 2. The van der Waals surface area contributed by atoms with Crippen molar-refractivity contribution >= 4 is 23.6 Å². The third-order valence-electron chi connectivity index (χ3n) is 5.04. The van der Waals surface area contributed by atoms with Crippen molar-refractivity contribution in [1.29, 1.82) is 0 Å². The van der Waals surface area contributed by atoms with Crippen LogP contribution in [0.3, 0.4) is 0 Å². The first-order chi connectivity index (χ1) is 16.9. The van der Waals surface area contributed by atoms with Gasteiger partial charge >= 0.3 is 0 Å². The molecule has 186 valence electrons. The molecule has 1 atom stereocenters. The van der Waals surface area contributed by atoms with Gasteiger partial charge in [0, 0.05) is 61.1 Å². The minimum atomic E-state index is -0.739. The Balaban J connectivity index is 1.81. The van der Waals surface area contributed by atoms with E-state index in [9.17, 15) is 19.2 Å². The molecule has 2 aromatic heterocycles. The highest BCUT2D eigenvalue weighted by Crippen LogP contribution is 2.05. The number of aromatic nitrogens is 2. The Bertz CT molecular complexity index is 998. The van der Waals surface area contributed by atoms with Crippen molar-refractivity contribution in [1.82, 2.24) is 31.2 Å². The first-order valence-electron chi connectivity index (χ1n) is 11.5. The maximum atomic E-state index is 12.8. The molecule has 0 fully saturated rings. The molecule has 0 aliphatic rings. The van der Waals surface area contributed by atoms with Crippen LogP contribution >= 0.6 is 0 Å². The summed E-state index contributed by atoms with van der Waals surface area (Å²) in [5.74, 6) is -1.09. The van der Waals surface area contributed by atoms with Crippen LogP contribution in [0.5, 0.6) is 0 Å². The maximum absolute atomic E-state index is 12.8. The lowest BCUT2D eigenvalue weighted by Gasteiger charge is -2.19. The molecule has 0 radical (unpaired) electrons. The number of rotatable bonds is 14. The molecular weight excluding hydrogens is 448 g/mol. The van der Waals surface area contributed by atoms with Gasteiger partial charge in [0.15, 0.2) is 0 Å². The van der Waals surface area contributed by atoms with Crippen molar-refractivity contribution in [3.05, 3.63) is 72.3 Å². The van der Waals surface area contributed by atoms with Crippen molar-refractivity contribution in [3.8, 4) is 0 Å². The zero-order chi connectivity index (χ0) is 25.5. The molecule has 4 amide bonds. The zero-order valence-corrected chi connectivity index (χ0v) is 19.9. The Morgan fingerprint density at radius 2 is 1.31 bits per heavy atom. The van der Waals surface area contributed by atoms with Gasteiger partial charge in [0.1, 0.15) is 6.04 Å². The van der Waals surface area contributed by atoms with Gasteiger partial charge in [0.2, 0.25) is 11.8 Å². The summed E-state index contributed by atoms with van der Waals surface area (Å²) in [7, 11) is 0. The smallest absolute Gasteiger partial charge is 0.252 e. The second-order valence-electron chi connectivity index (χ2n) is 7.93. The van der Waals surface area contributed by atoms with E-state index in [0.717, 1.165) is 0 Å². The van der Waals surface area contributed by atoms with Gasteiger partial charge in [-0.05, 0) is 56.9 Å². The Kier molecular flexibility index (Phi) is 11.6. The average molecular weight is 481 g/mol. The summed E-state index contributed by atoms with van der Waals surface area (Å²) in [6, 6.07) is 5.67. The largest absolute Gasteiger partial charge is 0.354 e. The van der Waals surface area contributed by atoms with E-state index < -0.39 is 6.04 Å². The molecule has 10 heteroatoms. The number of pyridine rings is 2. The number of amides is 4. The van der Waals surface area contributed by atoms with Gasteiger partial charge in [-0.3, -0.25) is 29.1 Å². The van der Waals surface area contributed by atoms with Crippen LogP contribution in [0.25, 0.3) is 0 Å². The number of hydrogen-bond acceptors (Lipinski definition) is 6. The molecule has 0 saturated carbocycles. The van der Waals surface area contributed by atoms with E-state index in [1.54, 1.807) is 43.6 Å². The third kappa shape index (κ3) is 10.2. The van der Waals surface area contributed by atoms with Crippen molar-refractivity contribution in [2.24, 2.45) is 0 Å². The Morgan fingerprint density at radius 1 is 0.771 bits per heavy atom. The summed E-state index contributed by atoms with van der Waals surface area (Å²) < 4.78 is 0. The maximum Gasteiger partial charge on any atom is 0.252 e. The van der Waals surface area contributed by atoms with E-state index in [0.29, 0.717) is 62.0 Å². The van der Waals surface area contributed by atoms with Gasteiger partial charge in [-0.2, -0.15) is 0 Å². The highest BCUT2D eigenvalue weighted by Gasteiger charge is 2.21. The topological polar surface area (TPSA) is 142 Å². The van der Waals surface area contributed by atoms with E-state index in [1.165, 1.54) is 12.4 Å². The zero-order valence-electron chi connectivity index (χ0n) is 19.9. The molecule has 0 aliphatic carbocycles. The van der Waals surface area contributed by atoms with Crippen molar-refractivity contribution < 1.29 is 19.2 Å². The van der Waals surface area contributed by atoms with Gasteiger partial charge < -0.3 is 21.3 Å². The normalized spacial score (nSPS) is 11.1. The highest BCUT2D eigenvalue weighted by atomic mass is 16.2. The summed E-state index contributed by atoms with van der Waals surface area (Å²) in [5, 5.41) is 11.1. The summed E-state index contributed by atoms with van der Waals surface area (Å²) in [6.07, 6.45) is 8.31. The van der Waals surface area contributed by atoms with Crippen LogP contribution in [0.2, 0.25) is 0 Å². The van der Waals surface area contributed by atoms with Crippen LogP contribution < -0.4 is 21.3 Å². The molecular formula is C25H32N6O4. The number of hydrogen-bond donors (Lipinski definition) is 4. The second kappa shape index (κ2) is 14.9. The van der Waals surface area contributed by atoms with Crippen LogP contribution in [0, 0.1) is 0 Å². The Labute approximate surface area is 205 Å². The van der Waals surface area contributed by atoms with Crippen LogP contribution in [-0.4, -0.2) is 59.3 Å². The van der Waals surface area contributed by atoms with Gasteiger partial charge in [-0.1, -0.05) is 6.58 Å². The van der Waals surface area contributed by atoms with Crippen LogP contribution in [0.4, 0.5) is 0 Å². The molecule has 0 saturated heterocycles. The molecule has 35 heavy (non-hydrogen) atoms. The molecule has 0 aromatic carbocycles. The van der Waals surface area contributed by atoms with Gasteiger partial charge in [-0.15, -0.1) is 0 Å². The van der Waals surface area contributed by atoms with Crippen LogP contribution in [0.15, 0.2) is 61.2 Å². The van der Waals surface area contributed by atoms with E-state index in [-0.39, 0.29) is 23.6 Å². The second-order valence-corrected chi connectivity index (χ2v) is 7.93. The standard InChI is InChI=1S/C25H32N6O4/c1-18(2)22(32)28-12-5-13-30-25(35)21(31-24(34)20-9-16-27-17-10-20)6-3-4-11-29-23(33)19-7-14-26-15-8-19/h7-10,14-17,21H,1,3-6,11-13H2,2H3,(H,28,32)(H,29,33)(H,30,35)(H,31,34). The summed E-state index contributed by atoms with van der Waals surface area (Å²) in [5.41, 5.74) is 1.36. The number of carbonyl (C=O) groups excluding carboxylic acids is 4. The monoisotopic (exact) mass is 480 g/mol. The number of unbranched alkanes of at least 4 members (excludes halogenated alkanes) is 1. The molecule has 10 nitrogen and oxygen atoms in total. The molecule has 2 heterocycles. The van der Waals surface area contributed by atoms with Crippen molar-refractivity contribution in [2.45, 2.75) is 38.6 Å². The van der Waals surface area contributed by atoms with Crippen molar-refractivity contribution in [2.75, 3.05) is 19.6 Å². The lowest BCUT2D eigenvalue weighted by molar-refractivity contribution is -0.123. The predicted octanol–water partition coefficient (Wildman–Crippen LogP) is 1.37. The summed E-state index contributed by atoms with van der Waals surface area (Å²) in [6.45, 7) is 6.38. The van der Waals surface area contributed by atoms with Gasteiger partial charge in [0.25, 0.3) is 11.8 Å². The SMILES string of the molecule is C=C(C)C(=O)NCCCNC(=O)C(CCCCNC(=O)c1ccncc1)NC(=O)c1ccncc1. The minimum absolute atomic E-state index is 0.188. The molecule has 1 unspecified atom stereocenters. The van der Waals surface area contributed by atoms with E-state index in [2.05, 4.69) is 37.8 Å². The van der Waals surface area contributed by atoms with E-state index in [1.807, 2.05) is 0 Å². The first kappa shape index (κ1) is 27.2. The number of carbonyl (C=O) groups is 4. The van der Waals surface area contributed by atoms with Crippen LogP contribution in [-0.2, 0) is 9.59 Å². The fourth-order valence-corrected chi connectivity index (χ4v) is 3.07. The average Bonchev–Trinajstić information content (AvgIpc) is 2.88. The lowest BCUT2D eigenvalue weighted by Crippen LogP contribution is -2.47. The fourth-order valence-electron chi connectivity index (χ4n) is 3.07. The molecule has 2 aromatic rings. The molecule has 0 bridgehead atoms. The minimum Gasteiger partial charge on any atom is -0.354 e. The van der Waals surface area contributed by atoms with E-state index in [4.69, 9.17) is 0 Å². The fraction of sp³-hybridized carbons (Fsp3) is 0.360. The van der Waals surface area contributed by atoms with Gasteiger partial charge in [-0.25, -0.2) is 0 Å². The summed E-state index contributed by atoms with van der Waals surface area (Å²) in [4.78, 5) is 56.7. The van der Waals surface area contributed by atoms with Crippen molar-refractivity contribution in [3.63, 3.8) is 0 Å². The highest BCUT2D eigenvalue weighted by molar-refractivity contribution is 5.97. The quantitative estimate of drug-likeness (QED) is 0.238. The Morgan fingerprint density at radius 3 is 1.91 bits per heavy atom. The molecule has 0 spiro atoms. The summed E-state index contributed by atoms with van der Waals surface area (Å²) >= 11 is 0. The van der Waals surface area contributed by atoms with E-state index >= 15 is 0 Å². The Hall–Kier alpha value is -4.08. The molecule has 2 rings (SSSR count). The van der Waals surface area contributed by atoms with Gasteiger partial charge in [0.05, 0.1) is 0 Å². The lowest BCUT2D eigenvalue weighted by atomic mass is 10.1. The predicted molar refractivity (Wildman–Crippen MR) is 131 cm³/mol. The number of nitrogens with one attached hydrogen (secondary N) is 4. The molecule has 4 N–H and O–H groups in total. The van der Waals surface area contributed by atoms with Crippen LogP contribution in [0.1, 0.15) is 53.3 Å².